The van der Waals surface area contributed by atoms with Crippen LogP contribution in [-0.4, -0.2) is 21.7 Å². The van der Waals surface area contributed by atoms with Crippen molar-refractivity contribution >= 4 is 0 Å². The standard InChI is InChI=1S/C19H18N2O3/c22-17-14-20-12-10-15(17)6-5-13-23-18-9-4-11-21-19(18)24-16-7-2-1-3-8-16/h1-4,7-12,14,22H,5-6,13H2. The normalized spacial score (nSPS) is 10.3. The number of aryl methyl sites for hydroxylation is 1. The molecule has 0 atom stereocenters. The first-order chi connectivity index (χ1) is 11.8. The Morgan fingerprint density at radius 3 is 2.67 bits per heavy atom. The van der Waals surface area contributed by atoms with Crippen molar-refractivity contribution < 1.29 is 14.6 Å². The highest BCUT2D eigenvalue weighted by atomic mass is 16.5. The van der Waals surface area contributed by atoms with Gasteiger partial charge in [-0.3, -0.25) is 4.98 Å². The number of hydrogen-bond acceptors (Lipinski definition) is 5. The lowest BCUT2D eigenvalue weighted by Gasteiger charge is -2.11. The number of aromatic nitrogens is 2. The molecule has 0 amide bonds. The molecule has 0 unspecified atom stereocenters. The van der Waals surface area contributed by atoms with Gasteiger partial charge in [-0.15, -0.1) is 0 Å². The van der Waals surface area contributed by atoms with Crippen LogP contribution in [0.4, 0.5) is 0 Å². The second kappa shape index (κ2) is 7.97. The van der Waals surface area contributed by atoms with Gasteiger partial charge in [0.25, 0.3) is 5.88 Å². The lowest BCUT2D eigenvalue weighted by atomic mass is 10.1. The highest BCUT2D eigenvalue weighted by Gasteiger charge is 2.07. The minimum absolute atomic E-state index is 0.215. The molecule has 0 bridgehead atoms. The fourth-order valence-corrected chi connectivity index (χ4v) is 2.23. The molecule has 3 rings (SSSR count). The number of pyridine rings is 2. The van der Waals surface area contributed by atoms with Gasteiger partial charge in [0.2, 0.25) is 0 Å². The van der Waals surface area contributed by atoms with Gasteiger partial charge in [0.1, 0.15) is 11.5 Å². The van der Waals surface area contributed by atoms with Crippen molar-refractivity contribution in [2.45, 2.75) is 12.8 Å². The van der Waals surface area contributed by atoms with Gasteiger partial charge >= 0.3 is 0 Å². The maximum Gasteiger partial charge on any atom is 0.262 e. The Labute approximate surface area is 140 Å². The molecule has 0 fully saturated rings. The zero-order valence-corrected chi connectivity index (χ0v) is 13.1. The molecule has 5 nitrogen and oxygen atoms in total. The zero-order valence-electron chi connectivity index (χ0n) is 13.1. The highest BCUT2D eigenvalue weighted by molar-refractivity contribution is 5.36. The van der Waals surface area contributed by atoms with Crippen LogP contribution in [0.1, 0.15) is 12.0 Å². The molecule has 24 heavy (non-hydrogen) atoms. The molecule has 0 aliphatic heterocycles. The predicted octanol–water partition coefficient (Wildman–Crippen LogP) is 3.99. The average molecular weight is 322 g/mol. The van der Waals surface area contributed by atoms with Crippen LogP contribution < -0.4 is 9.47 Å². The van der Waals surface area contributed by atoms with E-state index in [0.29, 0.717) is 30.4 Å². The van der Waals surface area contributed by atoms with E-state index in [1.54, 1.807) is 12.4 Å². The van der Waals surface area contributed by atoms with Gasteiger partial charge in [0.15, 0.2) is 5.75 Å². The van der Waals surface area contributed by atoms with Gasteiger partial charge in [-0.2, -0.15) is 0 Å². The largest absolute Gasteiger partial charge is 0.506 e. The summed E-state index contributed by atoms with van der Waals surface area (Å²) in [7, 11) is 0. The molecule has 1 aromatic carbocycles. The molecule has 2 aromatic heterocycles. The van der Waals surface area contributed by atoms with Crippen molar-refractivity contribution in [3.05, 3.63) is 72.7 Å². The Hall–Kier alpha value is -3.08. The monoisotopic (exact) mass is 322 g/mol. The Morgan fingerprint density at radius 1 is 0.958 bits per heavy atom. The second-order valence-corrected chi connectivity index (χ2v) is 5.18. The molecule has 5 heteroatoms. The quantitative estimate of drug-likeness (QED) is 0.666. The number of para-hydroxylation sites is 1. The Morgan fingerprint density at radius 2 is 1.83 bits per heavy atom. The van der Waals surface area contributed by atoms with E-state index in [9.17, 15) is 5.11 Å². The zero-order chi connectivity index (χ0) is 16.6. The summed E-state index contributed by atoms with van der Waals surface area (Å²) in [6.45, 7) is 0.499. The first kappa shape index (κ1) is 15.8. The van der Waals surface area contributed by atoms with Crippen molar-refractivity contribution in [3.63, 3.8) is 0 Å². The molecule has 0 saturated carbocycles. The molecule has 0 spiro atoms. The van der Waals surface area contributed by atoms with E-state index in [1.807, 2.05) is 48.5 Å². The second-order valence-electron chi connectivity index (χ2n) is 5.18. The molecule has 0 saturated heterocycles. The van der Waals surface area contributed by atoms with E-state index in [0.717, 1.165) is 12.0 Å². The van der Waals surface area contributed by atoms with Gasteiger partial charge in [0.05, 0.1) is 12.8 Å². The van der Waals surface area contributed by atoms with Gasteiger partial charge < -0.3 is 14.6 Å². The lowest BCUT2D eigenvalue weighted by Crippen LogP contribution is -2.02. The van der Waals surface area contributed by atoms with Crippen LogP contribution in [-0.2, 0) is 6.42 Å². The summed E-state index contributed by atoms with van der Waals surface area (Å²) in [4.78, 5) is 8.10. The number of hydrogen-bond donors (Lipinski definition) is 1. The van der Waals surface area contributed by atoms with E-state index in [4.69, 9.17) is 9.47 Å². The minimum Gasteiger partial charge on any atom is -0.506 e. The first-order valence-electron chi connectivity index (χ1n) is 7.75. The fraction of sp³-hybridized carbons (Fsp3) is 0.158. The summed E-state index contributed by atoms with van der Waals surface area (Å²) in [5.41, 5.74) is 0.862. The van der Waals surface area contributed by atoms with E-state index in [2.05, 4.69) is 9.97 Å². The summed E-state index contributed by atoms with van der Waals surface area (Å²) in [5, 5.41) is 9.70. The SMILES string of the molecule is Oc1cnccc1CCCOc1cccnc1Oc1ccccc1. The number of ether oxygens (including phenoxy) is 2. The Kier molecular flexibility index (Phi) is 5.24. The smallest absolute Gasteiger partial charge is 0.262 e. The van der Waals surface area contributed by atoms with E-state index >= 15 is 0 Å². The maximum absolute atomic E-state index is 9.70. The van der Waals surface area contributed by atoms with Crippen molar-refractivity contribution in [1.82, 2.24) is 9.97 Å². The van der Waals surface area contributed by atoms with Crippen molar-refractivity contribution in [2.24, 2.45) is 0 Å². The number of rotatable bonds is 7. The molecular weight excluding hydrogens is 304 g/mol. The minimum atomic E-state index is 0.215. The number of nitrogens with zero attached hydrogens (tertiary/aromatic N) is 2. The van der Waals surface area contributed by atoms with Crippen LogP contribution in [0.25, 0.3) is 0 Å². The van der Waals surface area contributed by atoms with Crippen LogP contribution in [0.5, 0.6) is 23.1 Å². The molecule has 2 heterocycles. The topological polar surface area (TPSA) is 64.5 Å². The summed E-state index contributed by atoms with van der Waals surface area (Å²) in [6, 6.07) is 14.9. The maximum atomic E-state index is 9.70. The summed E-state index contributed by atoms with van der Waals surface area (Å²) >= 11 is 0. The van der Waals surface area contributed by atoms with Crippen LogP contribution in [0.15, 0.2) is 67.1 Å². The number of benzene rings is 1. The van der Waals surface area contributed by atoms with Gasteiger partial charge in [-0.05, 0) is 48.7 Å². The van der Waals surface area contributed by atoms with Gasteiger partial charge in [-0.25, -0.2) is 4.98 Å². The van der Waals surface area contributed by atoms with Gasteiger partial charge in [0, 0.05) is 12.4 Å². The van der Waals surface area contributed by atoms with Crippen LogP contribution in [0.3, 0.4) is 0 Å². The third-order valence-electron chi connectivity index (χ3n) is 3.43. The fourth-order valence-electron chi connectivity index (χ4n) is 2.23. The number of aromatic hydroxyl groups is 1. The van der Waals surface area contributed by atoms with E-state index < -0.39 is 0 Å². The molecule has 0 aliphatic rings. The average Bonchev–Trinajstić information content (AvgIpc) is 2.62. The van der Waals surface area contributed by atoms with Gasteiger partial charge in [-0.1, -0.05) is 18.2 Å². The highest BCUT2D eigenvalue weighted by Crippen LogP contribution is 2.28. The summed E-state index contributed by atoms with van der Waals surface area (Å²) < 4.78 is 11.5. The van der Waals surface area contributed by atoms with Crippen LogP contribution in [0.2, 0.25) is 0 Å². The van der Waals surface area contributed by atoms with Crippen molar-refractivity contribution in [1.29, 1.82) is 0 Å². The third kappa shape index (κ3) is 4.23. The Balaban J connectivity index is 1.57. The predicted molar refractivity (Wildman–Crippen MR) is 90.5 cm³/mol. The lowest BCUT2D eigenvalue weighted by molar-refractivity contribution is 0.292. The molecule has 122 valence electrons. The van der Waals surface area contributed by atoms with Crippen molar-refractivity contribution in [2.75, 3.05) is 6.61 Å². The summed E-state index contributed by atoms with van der Waals surface area (Å²) in [5.74, 6) is 1.96. The molecule has 1 N–H and O–H groups in total. The van der Waals surface area contributed by atoms with E-state index in [1.165, 1.54) is 6.20 Å². The molecule has 3 aromatic rings. The molecular formula is C19H18N2O3. The third-order valence-corrected chi connectivity index (χ3v) is 3.43. The summed E-state index contributed by atoms with van der Waals surface area (Å²) in [6.07, 6.45) is 6.26. The van der Waals surface area contributed by atoms with E-state index in [-0.39, 0.29) is 5.75 Å². The van der Waals surface area contributed by atoms with Crippen LogP contribution in [0, 0.1) is 0 Å². The first-order valence-corrected chi connectivity index (χ1v) is 7.75. The Bertz CT molecular complexity index is 778. The molecule has 0 aliphatic carbocycles. The van der Waals surface area contributed by atoms with Crippen LogP contribution >= 0.6 is 0 Å². The molecule has 0 radical (unpaired) electrons. The van der Waals surface area contributed by atoms with Crippen molar-refractivity contribution in [3.8, 4) is 23.1 Å².